The topological polar surface area (TPSA) is 76.7 Å². The number of ether oxygens (including phenoxy) is 2. The van der Waals surface area contributed by atoms with Crippen molar-refractivity contribution in [2.75, 3.05) is 13.2 Å². The highest BCUT2D eigenvalue weighted by Crippen LogP contribution is 2.29. The summed E-state index contributed by atoms with van der Waals surface area (Å²) in [6.45, 7) is 1.04. The number of aliphatic hydroxyl groups excluding tert-OH is 1. The van der Waals surface area contributed by atoms with Crippen molar-refractivity contribution in [1.82, 2.24) is 5.32 Å². The first-order valence-electron chi connectivity index (χ1n) is 6.25. The molecule has 1 aromatic carbocycles. The van der Waals surface area contributed by atoms with Gasteiger partial charge in [0.25, 0.3) is 0 Å². The third-order valence-corrected chi connectivity index (χ3v) is 3.59. The maximum Gasteiger partial charge on any atom is 0.184 e. The van der Waals surface area contributed by atoms with Gasteiger partial charge in [-0.3, -0.25) is 0 Å². The molecule has 0 radical (unpaired) electrons. The fourth-order valence-corrected chi connectivity index (χ4v) is 2.51. The molecule has 98 valence electrons. The minimum Gasteiger partial charge on any atom is -0.390 e. The zero-order valence-electron chi connectivity index (χ0n) is 10.0. The van der Waals surface area contributed by atoms with Crippen LogP contribution < -0.4 is 11.1 Å². The van der Waals surface area contributed by atoms with Crippen molar-refractivity contribution >= 4 is 0 Å². The summed E-state index contributed by atoms with van der Waals surface area (Å²) in [5.74, 6) is 0. The average molecular weight is 250 g/mol. The lowest BCUT2D eigenvalue weighted by Gasteiger charge is -2.44. The summed E-state index contributed by atoms with van der Waals surface area (Å²) in [5.41, 5.74) is 6.98. The Morgan fingerprint density at radius 2 is 2.06 bits per heavy atom. The predicted octanol–water partition coefficient (Wildman–Crippen LogP) is -0.239. The first kappa shape index (κ1) is 12.1. The summed E-state index contributed by atoms with van der Waals surface area (Å²) in [6.07, 6.45) is -1.18. The van der Waals surface area contributed by atoms with Gasteiger partial charge >= 0.3 is 0 Å². The van der Waals surface area contributed by atoms with Crippen LogP contribution in [0.2, 0.25) is 0 Å². The zero-order chi connectivity index (χ0) is 12.5. The minimum atomic E-state index is -0.569. The van der Waals surface area contributed by atoms with Crippen LogP contribution in [-0.4, -0.2) is 42.5 Å². The normalized spacial score (nSPS) is 40.2. The number of nitrogens with two attached hydrogens (primary N) is 1. The van der Waals surface area contributed by atoms with Crippen molar-refractivity contribution < 1.29 is 14.6 Å². The fourth-order valence-electron chi connectivity index (χ4n) is 2.51. The number of rotatable bonds is 1. The lowest BCUT2D eigenvalue weighted by atomic mass is 9.93. The van der Waals surface area contributed by atoms with E-state index < -0.39 is 12.4 Å². The van der Waals surface area contributed by atoms with Gasteiger partial charge in [0.2, 0.25) is 0 Å². The third-order valence-electron chi connectivity index (χ3n) is 3.59. The number of β-amino-alcohol motifs (C(OH)–C–C–N with tert-alkyl or cyclic N) is 1. The Hall–Kier alpha value is -0.980. The van der Waals surface area contributed by atoms with Crippen LogP contribution in [-0.2, 0) is 9.47 Å². The van der Waals surface area contributed by atoms with Gasteiger partial charge in [0.1, 0.15) is 0 Å². The monoisotopic (exact) mass is 250 g/mol. The van der Waals surface area contributed by atoms with E-state index in [0.29, 0.717) is 13.2 Å². The molecule has 5 atom stereocenters. The molecule has 0 aromatic heterocycles. The first-order valence-corrected chi connectivity index (χ1v) is 6.25. The van der Waals surface area contributed by atoms with Crippen molar-refractivity contribution in [3.63, 3.8) is 0 Å². The Kier molecular flexibility index (Phi) is 3.32. The standard InChI is InChI=1S/C13H18N2O3/c14-11-10(16)6-15-9-7-17-13(18-12(9)11)8-4-2-1-3-5-8/h1-5,9-13,15-16H,6-7,14H2/t9-,10+,11-,12-,13-/m1/s1. The van der Waals surface area contributed by atoms with Crippen LogP contribution >= 0.6 is 0 Å². The van der Waals surface area contributed by atoms with Crippen molar-refractivity contribution in [3.05, 3.63) is 35.9 Å². The number of aliphatic hydroxyl groups is 1. The largest absolute Gasteiger partial charge is 0.390 e. The van der Waals surface area contributed by atoms with E-state index in [1.54, 1.807) is 0 Å². The van der Waals surface area contributed by atoms with Crippen molar-refractivity contribution in [2.24, 2.45) is 5.73 Å². The molecule has 4 N–H and O–H groups in total. The van der Waals surface area contributed by atoms with Gasteiger partial charge in [-0.1, -0.05) is 30.3 Å². The molecule has 0 spiro atoms. The molecule has 0 unspecified atom stereocenters. The Balaban J connectivity index is 1.75. The highest BCUT2D eigenvalue weighted by Gasteiger charge is 2.42. The summed E-state index contributed by atoms with van der Waals surface area (Å²) in [6, 6.07) is 9.46. The summed E-state index contributed by atoms with van der Waals surface area (Å²) < 4.78 is 11.6. The van der Waals surface area contributed by atoms with Crippen molar-refractivity contribution in [2.45, 2.75) is 30.6 Å². The van der Waals surface area contributed by atoms with E-state index in [4.69, 9.17) is 15.2 Å². The Labute approximate surface area is 106 Å². The molecule has 5 nitrogen and oxygen atoms in total. The van der Waals surface area contributed by atoms with Gasteiger partial charge in [-0.15, -0.1) is 0 Å². The van der Waals surface area contributed by atoms with Gasteiger partial charge < -0.3 is 25.6 Å². The maximum atomic E-state index is 9.77. The number of piperidine rings is 1. The molecule has 0 amide bonds. The van der Waals surface area contributed by atoms with Gasteiger partial charge in [-0.05, 0) is 0 Å². The smallest absolute Gasteiger partial charge is 0.184 e. The number of fused-ring (bicyclic) bond motifs is 1. The number of nitrogens with one attached hydrogen (secondary N) is 1. The second-order valence-electron chi connectivity index (χ2n) is 4.84. The quantitative estimate of drug-likeness (QED) is 0.641. The van der Waals surface area contributed by atoms with Gasteiger partial charge in [0.05, 0.1) is 30.9 Å². The van der Waals surface area contributed by atoms with Crippen LogP contribution in [0.1, 0.15) is 11.9 Å². The Bertz CT molecular complexity index is 398. The molecule has 2 aliphatic heterocycles. The number of hydrogen-bond donors (Lipinski definition) is 3. The average Bonchev–Trinajstić information content (AvgIpc) is 2.44. The Morgan fingerprint density at radius 1 is 1.28 bits per heavy atom. The molecule has 0 aliphatic carbocycles. The molecule has 2 aliphatic rings. The summed E-state index contributed by atoms with van der Waals surface area (Å²) in [5, 5.41) is 13.0. The van der Waals surface area contributed by atoms with E-state index in [9.17, 15) is 5.11 Å². The SMILES string of the molecule is N[C@H]1[C@@H]2O[C@H](c3ccccc3)OC[C@H]2NC[C@@H]1O. The number of benzene rings is 1. The van der Waals surface area contributed by atoms with Crippen molar-refractivity contribution in [3.8, 4) is 0 Å². The van der Waals surface area contributed by atoms with Gasteiger partial charge in [0.15, 0.2) is 6.29 Å². The highest BCUT2D eigenvalue weighted by atomic mass is 16.7. The molecular weight excluding hydrogens is 232 g/mol. The summed E-state index contributed by atoms with van der Waals surface area (Å²) in [7, 11) is 0. The van der Waals surface area contributed by atoms with Crippen molar-refractivity contribution in [1.29, 1.82) is 0 Å². The molecular formula is C13H18N2O3. The molecule has 1 aromatic rings. The molecule has 3 rings (SSSR count). The molecule has 2 heterocycles. The first-order chi connectivity index (χ1) is 8.75. The molecule has 18 heavy (non-hydrogen) atoms. The van der Waals surface area contributed by atoms with E-state index in [1.165, 1.54) is 0 Å². The second kappa shape index (κ2) is 4.95. The second-order valence-corrected chi connectivity index (χ2v) is 4.84. The van der Waals surface area contributed by atoms with Crippen LogP contribution in [0.15, 0.2) is 30.3 Å². The highest BCUT2D eigenvalue weighted by molar-refractivity contribution is 5.16. The summed E-state index contributed by atoms with van der Waals surface area (Å²) >= 11 is 0. The Morgan fingerprint density at radius 3 is 2.83 bits per heavy atom. The molecule has 5 heteroatoms. The van der Waals surface area contributed by atoms with E-state index in [-0.39, 0.29) is 18.2 Å². The van der Waals surface area contributed by atoms with Crippen LogP contribution in [0.25, 0.3) is 0 Å². The third kappa shape index (κ3) is 2.15. The van der Waals surface area contributed by atoms with Crippen LogP contribution in [0, 0.1) is 0 Å². The predicted molar refractivity (Wildman–Crippen MR) is 65.8 cm³/mol. The lowest BCUT2D eigenvalue weighted by molar-refractivity contribution is -0.245. The molecule has 2 saturated heterocycles. The van der Waals surface area contributed by atoms with E-state index in [0.717, 1.165) is 5.56 Å². The minimum absolute atomic E-state index is 0.0587. The molecule has 2 fully saturated rings. The van der Waals surface area contributed by atoms with Gasteiger partial charge in [0, 0.05) is 12.1 Å². The molecule has 0 bridgehead atoms. The van der Waals surface area contributed by atoms with Crippen LogP contribution in [0.4, 0.5) is 0 Å². The summed E-state index contributed by atoms with van der Waals surface area (Å²) in [4.78, 5) is 0. The fraction of sp³-hybridized carbons (Fsp3) is 0.538. The van der Waals surface area contributed by atoms with E-state index in [1.807, 2.05) is 30.3 Å². The maximum absolute atomic E-state index is 9.77. The van der Waals surface area contributed by atoms with Gasteiger partial charge in [-0.2, -0.15) is 0 Å². The number of hydrogen-bond acceptors (Lipinski definition) is 5. The molecule has 0 saturated carbocycles. The van der Waals surface area contributed by atoms with Crippen LogP contribution in [0.3, 0.4) is 0 Å². The van der Waals surface area contributed by atoms with Gasteiger partial charge in [-0.25, -0.2) is 0 Å². The zero-order valence-corrected chi connectivity index (χ0v) is 10.0. The van der Waals surface area contributed by atoms with E-state index in [2.05, 4.69) is 5.32 Å². The van der Waals surface area contributed by atoms with Crippen LogP contribution in [0.5, 0.6) is 0 Å². The van der Waals surface area contributed by atoms with E-state index >= 15 is 0 Å². The lowest BCUT2D eigenvalue weighted by Crippen LogP contribution is -2.66.